The third-order valence-corrected chi connectivity index (χ3v) is 5.77. The monoisotopic (exact) mass is 392 g/mol. The van der Waals surface area contributed by atoms with Crippen molar-refractivity contribution in [3.8, 4) is 17.0 Å². The van der Waals surface area contributed by atoms with Crippen LogP contribution in [0.2, 0.25) is 0 Å². The van der Waals surface area contributed by atoms with Gasteiger partial charge in [0.2, 0.25) is 5.91 Å². The average Bonchev–Trinajstić information content (AvgIpc) is 3.34. The molecule has 1 aliphatic carbocycles. The van der Waals surface area contributed by atoms with Crippen LogP contribution < -0.4 is 10.1 Å². The van der Waals surface area contributed by atoms with Crippen LogP contribution in [0.15, 0.2) is 47.8 Å². The number of fused-ring (bicyclic) bond motifs is 1. The quantitative estimate of drug-likeness (QED) is 0.609. The van der Waals surface area contributed by atoms with E-state index in [1.807, 2.05) is 37.3 Å². The second-order valence-corrected chi connectivity index (χ2v) is 8.17. The van der Waals surface area contributed by atoms with Gasteiger partial charge >= 0.3 is 0 Å². The number of ether oxygens (including phenoxy) is 1. The van der Waals surface area contributed by atoms with E-state index in [1.54, 1.807) is 11.3 Å². The van der Waals surface area contributed by atoms with Crippen molar-refractivity contribution in [3.05, 3.63) is 69.5 Å². The van der Waals surface area contributed by atoms with Gasteiger partial charge in [0.15, 0.2) is 0 Å². The largest absolute Gasteiger partial charge is 0.492 e. The minimum atomic E-state index is 0.00908. The predicted molar refractivity (Wildman–Crippen MR) is 113 cm³/mol. The topological polar surface area (TPSA) is 51.2 Å². The molecule has 1 aromatic heterocycles. The Morgan fingerprint density at radius 3 is 2.75 bits per heavy atom. The van der Waals surface area contributed by atoms with Gasteiger partial charge in [0.25, 0.3) is 0 Å². The number of amides is 1. The molecule has 1 amide bonds. The molecule has 3 aromatic rings. The molecule has 4 rings (SSSR count). The lowest BCUT2D eigenvalue weighted by atomic mass is 10.1. The molecule has 144 valence electrons. The van der Waals surface area contributed by atoms with Crippen LogP contribution in [0.4, 0.5) is 0 Å². The fourth-order valence-corrected chi connectivity index (χ4v) is 4.16. The smallest absolute Gasteiger partial charge is 0.224 e. The van der Waals surface area contributed by atoms with Crippen LogP contribution in [-0.2, 0) is 24.1 Å². The Balaban J connectivity index is 1.21. The van der Waals surface area contributed by atoms with Crippen molar-refractivity contribution in [3.63, 3.8) is 0 Å². The maximum Gasteiger partial charge on any atom is 0.224 e. The molecule has 0 unspecified atom stereocenters. The highest BCUT2D eigenvalue weighted by atomic mass is 32.1. The van der Waals surface area contributed by atoms with Crippen molar-refractivity contribution in [2.24, 2.45) is 0 Å². The van der Waals surface area contributed by atoms with Crippen LogP contribution >= 0.6 is 11.3 Å². The highest BCUT2D eigenvalue weighted by molar-refractivity contribution is 7.09. The lowest BCUT2D eigenvalue weighted by molar-refractivity contribution is -0.120. The second kappa shape index (κ2) is 8.57. The van der Waals surface area contributed by atoms with Crippen molar-refractivity contribution in [1.82, 2.24) is 10.3 Å². The number of thiazole rings is 1. The number of rotatable bonds is 7. The maximum atomic E-state index is 12.2. The van der Waals surface area contributed by atoms with Crippen LogP contribution in [0.1, 0.15) is 28.1 Å². The van der Waals surface area contributed by atoms with Crippen LogP contribution in [0.5, 0.6) is 5.75 Å². The third kappa shape index (κ3) is 4.60. The van der Waals surface area contributed by atoms with Crippen LogP contribution in [0, 0.1) is 6.92 Å². The highest BCUT2D eigenvalue weighted by Crippen LogP contribution is 2.26. The minimum absolute atomic E-state index is 0.00908. The molecule has 0 atom stereocenters. The number of benzene rings is 2. The van der Waals surface area contributed by atoms with E-state index in [2.05, 4.69) is 27.8 Å². The van der Waals surface area contributed by atoms with Crippen molar-refractivity contribution in [2.45, 2.75) is 32.6 Å². The zero-order valence-electron chi connectivity index (χ0n) is 16.0. The fraction of sp³-hybridized carbons (Fsp3) is 0.304. The molecule has 2 aromatic carbocycles. The molecule has 0 saturated carbocycles. The number of nitrogens with zero attached hydrogens (tertiary/aromatic N) is 1. The molecule has 0 fully saturated rings. The second-order valence-electron chi connectivity index (χ2n) is 7.11. The Morgan fingerprint density at radius 1 is 1.14 bits per heavy atom. The van der Waals surface area contributed by atoms with Crippen molar-refractivity contribution in [1.29, 1.82) is 0 Å². The van der Waals surface area contributed by atoms with Gasteiger partial charge in [-0.05, 0) is 55.0 Å². The summed E-state index contributed by atoms with van der Waals surface area (Å²) in [7, 11) is 0. The van der Waals surface area contributed by atoms with E-state index in [0.29, 0.717) is 19.6 Å². The number of nitrogens with one attached hydrogen (secondary N) is 1. The molecule has 1 N–H and O–H groups in total. The highest BCUT2D eigenvalue weighted by Gasteiger charge is 2.11. The minimum Gasteiger partial charge on any atom is -0.492 e. The number of aryl methyl sites for hydroxylation is 3. The first-order chi connectivity index (χ1) is 13.7. The number of carbonyl (C=O) groups excluding carboxylic acids is 1. The van der Waals surface area contributed by atoms with E-state index in [4.69, 9.17) is 4.74 Å². The molecule has 28 heavy (non-hydrogen) atoms. The van der Waals surface area contributed by atoms with E-state index in [1.165, 1.54) is 24.0 Å². The molecule has 4 nitrogen and oxygen atoms in total. The number of hydrogen-bond acceptors (Lipinski definition) is 4. The van der Waals surface area contributed by atoms with Gasteiger partial charge in [-0.1, -0.05) is 30.3 Å². The first-order valence-corrected chi connectivity index (χ1v) is 10.6. The van der Waals surface area contributed by atoms with E-state index in [0.717, 1.165) is 34.0 Å². The van der Waals surface area contributed by atoms with Crippen molar-refractivity contribution >= 4 is 17.2 Å². The first-order valence-electron chi connectivity index (χ1n) is 9.70. The summed E-state index contributed by atoms with van der Waals surface area (Å²) in [6.45, 7) is 2.99. The van der Waals surface area contributed by atoms with E-state index >= 15 is 0 Å². The summed E-state index contributed by atoms with van der Waals surface area (Å²) in [6, 6.07) is 14.3. The third-order valence-electron chi connectivity index (χ3n) is 5.00. The lowest BCUT2D eigenvalue weighted by Crippen LogP contribution is -2.29. The van der Waals surface area contributed by atoms with Gasteiger partial charge in [0, 0.05) is 10.9 Å². The van der Waals surface area contributed by atoms with Crippen molar-refractivity contribution < 1.29 is 9.53 Å². The first kappa shape index (κ1) is 18.7. The molecular formula is C23H24N2O2S. The molecule has 0 bridgehead atoms. The molecule has 0 saturated heterocycles. The zero-order chi connectivity index (χ0) is 19.3. The number of hydrogen-bond donors (Lipinski definition) is 1. The SMILES string of the molecule is Cc1nc(-c2ccc(CC(=O)NCCOc3ccc4c(c3)CCC4)cc2)cs1. The van der Waals surface area contributed by atoms with Crippen LogP contribution in [0.25, 0.3) is 11.3 Å². The summed E-state index contributed by atoms with van der Waals surface area (Å²) in [6.07, 6.45) is 3.93. The van der Waals surface area contributed by atoms with Gasteiger partial charge in [0.05, 0.1) is 23.7 Å². The van der Waals surface area contributed by atoms with Crippen LogP contribution in [-0.4, -0.2) is 24.0 Å². The standard InChI is InChI=1S/C23H24N2O2S/c1-16-25-22(15-28-16)19-7-5-17(6-8-19)13-23(26)24-11-12-27-21-10-9-18-3-2-4-20(18)14-21/h5-10,14-15H,2-4,11-13H2,1H3,(H,24,26). The summed E-state index contributed by atoms with van der Waals surface area (Å²) < 4.78 is 5.78. The summed E-state index contributed by atoms with van der Waals surface area (Å²) in [5.74, 6) is 0.901. The Morgan fingerprint density at radius 2 is 1.96 bits per heavy atom. The van der Waals surface area contributed by atoms with Crippen LogP contribution in [0.3, 0.4) is 0 Å². The average molecular weight is 393 g/mol. The van der Waals surface area contributed by atoms with E-state index in [9.17, 15) is 4.79 Å². The zero-order valence-corrected chi connectivity index (χ0v) is 16.8. The van der Waals surface area contributed by atoms with Gasteiger partial charge in [-0.25, -0.2) is 4.98 Å². The maximum absolute atomic E-state index is 12.2. The summed E-state index contributed by atoms with van der Waals surface area (Å²) in [5.41, 5.74) is 5.90. The molecular weight excluding hydrogens is 368 g/mol. The summed E-state index contributed by atoms with van der Waals surface area (Å²) in [5, 5.41) is 6.04. The summed E-state index contributed by atoms with van der Waals surface area (Å²) in [4.78, 5) is 16.6. The van der Waals surface area contributed by atoms with Gasteiger partial charge in [-0.2, -0.15) is 0 Å². The molecule has 1 aliphatic rings. The number of carbonyl (C=O) groups is 1. The Labute approximate surface area is 169 Å². The van der Waals surface area contributed by atoms with Gasteiger partial charge in [-0.3, -0.25) is 4.79 Å². The predicted octanol–water partition coefficient (Wildman–Crippen LogP) is 4.34. The molecule has 5 heteroatoms. The molecule has 0 radical (unpaired) electrons. The fourth-order valence-electron chi connectivity index (χ4n) is 3.53. The Hall–Kier alpha value is -2.66. The Bertz CT molecular complexity index is 963. The van der Waals surface area contributed by atoms with Gasteiger partial charge in [-0.15, -0.1) is 11.3 Å². The van der Waals surface area contributed by atoms with E-state index < -0.39 is 0 Å². The van der Waals surface area contributed by atoms with Gasteiger partial charge in [0.1, 0.15) is 12.4 Å². The molecule has 0 aliphatic heterocycles. The number of aromatic nitrogens is 1. The van der Waals surface area contributed by atoms with Crippen molar-refractivity contribution in [2.75, 3.05) is 13.2 Å². The Kier molecular flexibility index (Phi) is 5.72. The molecule has 1 heterocycles. The summed E-state index contributed by atoms with van der Waals surface area (Å²) >= 11 is 1.64. The normalized spacial score (nSPS) is 12.6. The molecule has 0 spiro atoms. The van der Waals surface area contributed by atoms with E-state index in [-0.39, 0.29) is 5.91 Å². The lowest BCUT2D eigenvalue weighted by Gasteiger charge is -2.09. The van der Waals surface area contributed by atoms with Gasteiger partial charge < -0.3 is 10.1 Å².